The van der Waals surface area contributed by atoms with E-state index in [1.165, 1.54) is 5.56 Å². The summed E-state index contributed by atoms with van der Waals surface area (Å²) in [5, 5.41) is 0.799. The molecule has 0 fully saturated rings. The molecular weight excluding hydrogens is 234 g/mol. The van der Waals surface area contributed by atoms with Crippen molar-refractivity contribution in [3.8, 4) is 5.75 Å². The maximum atomic E-state index is 6.17. The minimum Gasteiger partial charge on any atom is -0.496 e. The second kappa shape index (κ2) is 6.27. The number of hydrogen-bond acceptors (Lipinski definition) is 2. The Hall–Kier alpha value is -0.730. The number of benzene rings is 1. The summed E-state index contributed by atoms with van der Waals surface area (Å²) < 4.78 is 5.42. The maximum absolute atomic E-state index is 6.17. The zero-order valence-electron chi connectivity index (χ0n) is 11.1. The lowest BCUT2D eigenvalue weighted by molar-refractivity contribution is 0.403. The summed E-state index contributed by atoms with van der Waals surface area (Å²) in [6, 6.07) is 4.26. The van der Waals surface area contributed by atoms with Crippen molar-refractivity contribution in [3.05, 3.63) is 28.3 Å². The molecule has 17 heavy (non-hydrogen) atoms. The molecular formula is C14H22ClNO. The van der Waals surface area contributed by atoms with Gasteiger partial charge in [0.15, 0.2) is 0 Å². The zero-order valence-corrected chi connectivity index (χ0v) is 11.8. The molecule has 0 aromatic heterocycles. The van der Waals surface area contributed by atoms with E-state index in [1.807, 2.05) is 26.0 Å². The maximum Gasteiger partial charge on any atom is 0.122 e. The highest BCUT2D eigenvalue weighted by Gasteiger charge is 2.14. The van der Waals surface area contributed by atoms with Gasteiger partial charge in [0.2, 0.25) is 0 Å². The van der Waals surface area contributed by atoms with Gasteiger partial charge >= 0.3 is 0 Å². The SMILES string of the molecule is COc1cc(C)c(Cl)cc1C(C)CCC(C)N. The third-order valence-electron chi connectivity index (χ3n) is 3.10. The molecule has 2 nitrogen and oxygen atoms in total. The second-order valence-corrected chi connectivity index (χ2v) is 5.21. The molecule has 0 saturated carbocycles. The standard InChI is InChI=1S/C14H22ClNO/c1-9(5-6-11(3)16)12-8-13(15)10(2)7-14(12)17-4/h7-9,11H,5-6,16H2,1-4H3. The number of ether oxygens (including phenoxy) is 1. The van der Waals surface area contributed by atoms with Gasteiger partial charge in [0.05, 0.1) is 7.11 Å². The van der Waals surface area contributed by atoms with Crippen LogP contribution in [0.25, 0.3) is 0 Å². The molecule has 0 spiro atoms. The monoisotopic (exact) mass is 255 g/mol. The molecule has 1 aromatic rings. The quantitative estimate of drug-likeness (QED) is 0.866. The van der Waals surface area contributed by atoms with Crippen LogP contribution in [0.4, 0.5) is 0 Å². The van der Waals surface area contributed by atoms with E-state index in [4.69, 9.17) is 22.1 Å². The van der Waals surface area contributed by atoms with Gasteiger partial charge in [-0.05, 0) is 55.9 Å². The van der Waals surface area contributed by atoms with E-state index in [0.29, 0.717) is 5.92 Å². The largest absolute Gasteiger partial charge is 0.496 e. The average Bonchev–Trinajstić information content (AvgIpc) is 2.28. The van der Waals surface area contributed by atoms with E-state index >= 15 is 0 Å². The van der Waals surface area contributed by atoms with Crippen LogP contribution in [0.1, 0.15) is 43.7 Å². The van der Waals surface area contributed by atoms with Gasteiger partial charge in [-0.25, -0.2) is 0 Å². The molecule has 0 saturated heterocycles. The van der Waals surface area contributed by atoms with Crippen molar-refractivity contribution >= 4 is 11.6 Å². The first kappa shape index (κ1) is 14.3. The first-order chi connectivity index (χ1) is 7.95. The van der Waals surface area contributed by atoms with E-state index in [-0.39, 0.29) is 6.04 Å². The average molecular weight is 256 g/mol. The van der Waals surface area contributed by atoms with Crippen molar-refractivity contribution in [3.63, 3.8) is 0 Å². The zero-order chi connectivity index (χ0) is 13.0. The Kier molecular flexibility index (Phi) is 5.29. The van der Waals surface area contributed by atoms with Crippen LogP contribution in [0, 0.1) is 6.92 Å². The minimum absolute atomic E-state index is 0.240. The van der Waals surface area contributed by atoms with Gasteiger partial charge < -0.3 is 10.5 Å². The predicted molar refractivity (Wildman–Crippen MR) is 74.0 cm³/mol. The highest BCUT2D eigenvalue weighted by Crippen LogP contribution is 2.34. The lowest BCUT2D eigenvalue weighted by atomic mass is 9.93. The van der Waals surface area contributed by atoms with Crippen LogP contribution >= 0.6 is 11.6 Å². The van der Waals surface area contributed by atoms with Crippen molar-refractivity contribution in [2.75, 3.05) is 7.11 Å². The van der Waals surface area contributed by atoms with Gasteiger partial charge in [0, 0.05) is 11.1 Å². The smallest absolute Gasteiger partial charge is 0.122 e. The number of rotatable bonds is 5. The summed E-state index contributed by atoms with van der Waals surface area (Å²) in [6.07, 6.45) is 2.06. The number of aryl methyl sites for hydroxylation is 1. The lowest BCUT2D eigenvalue weighted by Crippen LogP contribution is -2.15. The van der Waals surface area contributed by atoms with Crippen molar-refractivity contribution in [2.24, 2.45) is 5.73 Å². The van der Waals surface area contributed by atoms with Crippen molar-refractivity contribution in [1.82, 2.24) is 0 Å². The molecule has 0 radical (unpaired) electrons. The van der Waals surface area contributed by atoms with E-state index in [2.05, 4.69) is 6.92 Å². The summed E-state index contributed by atoms with van der Waals surface area (Å²) in [6.45, 7) is 6.21. The minimum atomic E-state index is 0.240. The van der Waals surface area contributed by atoms with E-state index in [9.17, 15) is 0 Å². The van der Waals surface area contributed by atoms with E-state index in [1.54, 1.807) is 7.11 Å². The Balaban J connectivity index is 2.91. The van der Waals surface area contributed by atoms with Gasteiger partial charge in [0.25, 0.3) is 0 Å². The number of halogens is 1. The molecule has 0 bridgehead atoms. The second-order valence-electron chi connectivity index (χ2n) is 4.80. The molecule has 2 unspecified atom stereocenters. The molecule has 0 amide bonds. The molecule has 0 aliphatic rings. The molecule has 2 atom stereocenters. The van der Waals surface area contributed by atoms with Gasteiger partial charge in [-0.1, -0.05) is 18.5 Å². The number of hydrogen-bond donors (Lipinski definition) is 1. The summed E-state index contributed by atoms with van der Waals surface area (Å²) in [5.74, 6) is 1.33. The fourth-order valence-electron chi connectivity index (χ4n) is 1.90. The fraction of sp³-hybridized carbons (Fsp3) is 0.571. The first-order valence-corrected chi connectivity index (χ1v) is 6.43. The summed E-state index contributed by atoms with van der Waals surface area (Å²) in [5.41, 5.74) is 8.00. The molecule has 96 valence electrons. The Bertz CT molecular complexity index is 377. The van der Waals surface area contributed by atoms with Crippen LogP contribution in [0.2, 0.25) is 5.02 Å². The molecule has 0 aliphatic carbocycles. The Morgan fingerprint density at radius 3 is 2.47 bits per heavy atom. The van der Waals surface area contributed by atoms with E-state index in [0.717, 1.165) is 29.2 Å². The lowest BCUT2D eigenvalue weighted by Gasteiger charge is -2.18. The highest BCUT2D eigenvalue weighted by atomic mass is 35.5. The Labute approximate surface area is 109 Å². The number of nitrogens with two attached hydrogens (primary N) is 1. The Morgan fingerprint density at radius 1 is 1.29 bits per heavy atom. The van der Waals surface area contributed by atoms with Crippen LogP contribution in [-0.4, -0.2) is 13.2 Å². The van der Waals surface area contributed by atoms with Crippen molar-refractivity contribution in [2.45, 2.75) is 45.6 Å². The van der Waals surface area contributed by atoms with Gasteiger partial charge in [-0.3, -0.25) is 0 Å². The van der Waals surface area contributed by atoms with Crippen LogP contribution in [0.5, 0.6) is 5.75 Å². The third-order valence-corrected chi connectivity index (χ3v) is 3.50. The highest BCUT2D eigenvalue weighted by molar-refractivity contribution is 6.31. The molecule has 1 aromatic carbocycles. The molecule has 2 N–H and O–H groups in total. The van der Waals surface area contributed by atoms with Crippen LogP contribution in [-0.2, 0) is 0 Å². The third kappa shape index (κ3) is 3.90. The van der Waals surface area contributed by atoms with Gasteiger partial charge in [-0.15, -0.1) is 0 Å². The Morgan fingerprint density at radius 2 is 1.94 bits per heavy atom. The fourth-order valence-corrected chi connectivity index (χ4v) is 2.07. The van der Waals surface area contributed by atoms with Crippen LogP contribution in [0.15, 0.2) is 12.1 Å². The van der Waals surface area contributed by atoms with Crippen molar-refractivity contribution in [1.29, 1.82) is 0 Å². The van der Waals surface area contributed by atoms with Gasteiger partial charge in [-0.2, -0.15) is 0 Å². The summed E-state index contributed by atoms with van der Waals surface area (Å²) >= 11 is 6.17. The summed E-state index contributed by atoms with van der Waals surface area (Å²) in [7, 11) is 1.70. The first-order valence-electron chi connectivity index (χ1n) is 6.05. The molecule has 3 heteroatoms. The van der Waals surface area contributed by atoms with Gasteiger partial charge in [0.1, 0.15) is 5.75 Å². The predicted octanol–water partition coefficient (Wildman–Crippen LogP) is 3.89. The van der Waals surface area contributed by atoms with Crippen molar-refractivity contribution < 1.29 is 4.74 Å². The topological polar surface area (TPSA) is 35.2 Å². The molecule has 0 aliphatic heterocycles. The van der Waals surface area contributed by atoms with E-state index < -0.39 is 0 Å². The molecule has 1 rings (SSSR count). The molecule has 0 heterocycles. The summed E-state index contributed by atoms with van der Waals surface area (Å²) in [4.78, 5) is 0. The number of methoxy groups -OCH3 is 1. The van der Waals surface area contributed by atoms with Crippen LogP contribution < -0.4 is 10.5 Å². The normalized spacial score (nSPS) is 14.5. The van der Waals surface area contributed by atoms with Crippen LogP contribution in [0.3, 0.4) is 0 Å².